The van der Waals surface area contributed by atoms with Gasteiger partial charge in [-0.3, -0.25) is 0 Å². The summed E-state index contributed by atoms with van der Waals surface area (Å²) in [6.07, 6.45) is 1.63. The van der Waals surface area contributed by atoms with Gasteiger partial charge in [-0.25, -0.2) is 4.98 Å². The lowest BCUT2D eigenvalue weighted by atomic mass is 10.4. The van der Waals surface area contributed by atoms with E-state index < -0.39 is 0 Å². The van der Waals surface area contributed by atoms with Gasteiger partial charge in [-0.05, 0) is 59.3 Å². The number of nitrogens with one attached hydrogen (secondary N) is 2. The first-order valence-corrected chi connectivity index (χ1v) is 6.55. The van der Waals surface area contributed by atoms with Crippen molar-refractivity contribution < 1.29 is 4.42 Å². The number of thiocarbonyl (C=S) groups is 1. The molecule has 94 valence electrons. The Morgan fingerprint density at radius 1 is 1.44 bits per heavy atom. The van der Waals surface area contributed by atoms with Gasteiger partial charge >= 0.3 is 0 Å². The van der Waals surface area contributed by atoms with Crippen molar-refractivity contribution >= 4 is 39.1 Å². The molecular weight excluding hydrogens is 314 g/mol. The van der Waals surface area contributed by atoms with Crippen LogP contribution >= 0.6 is 28.1 Å². The summed E-state index contributed by atoms with van der Waals surface area (Å²) in [6.45, 7) is 2.48. The zero-order chi connectivity index (χ0) is 13.0. The van der Waals surface area contributed by atoms with Gasteiger partial charge in [-0.1, -0.05) is 0 Å². The minimum absolute atomic E-state index is 0.514. The van der Waals surface area contributed by atoms with E-state index in [4.69, 9.17) is 16.6 Å². The number of pyridine rings is 1. The molecule has 0 radical (unpaired) electrons. The average Bonchev–Trinajstić information content (AvgIpc) is 2.84. The van der Waals surface area contributed by atoms with Gasteiger partial charge in [0.1, 0.15) is 11.6 Å². The van der Waals surface area contributed by atoms with E-state index in [9.17, 15) is 0 Å². The summed E-state index contributed by atoms with van der Waals surface area (Å²) in [5.41, 5.74) is 0.911. The molecule has 0 aromatic carbocycles. The van der Waals surface area contributed by atoms with Gasteiger partial charge in [-0.2, -0.15) is 0 Å². The number of aryl methyl sites for hydroxylation is 1. The topological polar surface area (TPSA) is 50.1 Å². The molecule has 18 heavy (non-hydrogen) atoms. The van der Waals surface area contributed by atoms with Crippen molar-refractivity contribution in [2.45, 2.75) is 13.5 Å². The van der Waals surface area contributed by atoms with Gasteiger partial charge in [0.15, 0.2) is 5.11 Å². The van der Waals surface area contributed by atoms with Gasteiger partial charge < -0.3 is 15.1 Å². The van der Waals surface area contributed by atoms with Crippen molar-refractivity contribution in [1.29, 1.82) is 0 Å². The van der Waals surface area contributed by atoms with Gasteiger partial charge in [0.25, 0.3) is 0 Å². The Kier molecular flexibility index (Phi) is 4.33. The number of anilines is 1. The Balaban J connectivity index is 1.88. The summed E-state index contributed by atoms with van der Waals surface area (Å²) >= 11 is 8.57. The third-order valence-corrected chi connectivity index (χ3v) is 3.35. The van der Waals surface area contributed by atoms with Gasteiger partial charge in [0.2, 0.25) is 0 Å². The summed E-state index contributed by atoms with van der Waals surface area (Å²) in [4.78, 5) is 4.35. The number of rotatable bonds is 3. The SMILES string of the molecule is Cc1nc(NC(=S)NCc2ccco2)ccc1Br. The molecule has 0 atom stereocenters. The van der Waals surface area contributed by atoms with E-state index in [1.807, 2.05) is 31.2 Å². The predicted molar refractivity (Wildman–Crippen MR) is 78.4 cm³/mol. The molecule has 0 saturated heterocycles. The van der Waals surface area contributed by atoms with Crippen LogP contribution < -0.4 is 10.6 Å². The molecule has 6 heteroatoms. The average molecular weight is 326 g/mol. The lowest BCUT2D eigenvalue weighted by molar-refractivity contribution is 0.503. The molecule has 0 amide bonds. The van der Waals surface area contributed by atoms with Crippen molar-refractivity contribution in [1.82, 2.24) is 10.3 Å². The number of nitrogens with zero attached hydrogens (tertiary/aromatic N) is 1. The molecule has 2 heterocycles. The fourth-order valence-electron chi connectivity index (χ4n) is 1.35. The quantitative estimate of drug-likeness (QED) is 0.848. The molecule has 2 aromatic rings. The highest BCUT2D eigenvalue weighted by Crippen LogP contribution is 2.16. The Morgan fingerprint density at radius 2 is 2.28 bits per heavy atom. The van der Waals surface area contributed by atoms with E-state index in [0.29, 0.717) is 17.5 Å². The van der Waals surface area contributed by atoms with E-state index in [1.54, 1.807) is 6.26 Å². The third-order valence-electron chi connectivity index (χ3n) is 2.27. The molecule has 0 aliphatic carbocycles. The van der Waals surface area contributed by atoms with E-state index in [2.05, 4.69) is 31.5 Å². The molecule has 0 saturated carbocycles. The largest absolute Gasteiger partial charge is 0.467 e. The fourth-order valence-corrected chi connectivity index (χ4v) is 1.75. The lowest BCUT2D eigenvalue weighted by Crippen LogP contribution is -2.28. The van der Waals surface area contributed by atoms with Crippen LogP contribution in [0.25, 0.3) is 0 Å². The number of halogens is 1. The number of hydrogen-bond donors (Lipinski definition) is 2. The molecule has 2 aromatic heterocycles. The zero-order valence-electron chi connectivity index (χ0n) is 9.74. The van der Waals surface area contributed by atoms with Crippen molar-refractivity contribution in [2.24, 2.45) is 0 Å². The second-order valence-electron chi connectivity index (χ2n) is 3.65. The minimum Gasteiger partial charge on any atom is -0.467 e. The molecule has 2 rings (SSSR count). The van der Waals surface area contributed by atoms with Crippen LogP contribution in [0.1, 0.15) is 11.5 Å². The highest BCUT2D eigenvalue weighted by Gasteiger charge is 2.02. The first-order chi connectivity index (χ1) is 8.65. The fraction of sp³-hybridized carbons (Fsp3) is 0.167. The molecule has 0 aliphatic rings. The van der Waals surface area contributed by atoms with Crippen molar-refractivity contribution in [3.8, 4) is 0 Å². The van der Waals surface area contributed by atoms with Crippen LogP contribution in [0, 0.1) is 6.92 Å². The highest BCUT2D eigenvalue weighted by molar-refractivity contribution is 9.10. The predicted octanol–water partition coefficient (Wildman–Crippen LogP) is 3.23. The molecule has 0 spiro atoms. The lowest BCUT2D eigenvalue weighted by Gasteiger charge is -2.09. The molecule has 0 unspecified atom stereocenters. The maximum atomic E-state index is 5.20. The van der Waals surface area contributed by atoms with Crippen LogP contribution in [-0.4, -0.2) is 10.1 Å². The third kappa shape index (κ3) is 3.54. The Bertz CT molecular complexity index is 542. The van der Waals surface area contributed by atoms with Crippen LogP contribution in [0.15, 0.2) is 39.4 Å². The smallest absolute Gasteiger partial charge is 0.172 e. The molecule has 0 fully saturated rings. The summed E-state index contributed by atoms with van der Waals surface area (Å²) in [6, 6.07) is 7.52. The van der Waals surface area contributed by atoms with Gasteiger partial charge in [0.05, 0.1) is 18.5 Å². The van der Waals surface area contributed by atoms with Gasteiger partial charge in [0, 0.05) is 4.47 Å². The van der Waals surface area contributed by atoms with E-state index in [-0.39, 0.29) is 0 Å². The minimum atomic E-state index is 0.514. The zero-order valence-corrected chi connectivity index (χ0v) is 12.1. The maximum absolute atomic E-state index is 5.20. The summed E-state index contributed by atoms with van der Waals surface area (Å²) in [7, 11) is 0. The van der Waals surface area contributed by atoms with Crippen LogP contribution in [0.5, 0.6) is 0 Å². The van der Waals surface area contributed by atoms with E-state index >= 15 is 0 Å². The van der Waals surface area contributed by atoms with Crippen LogP contribution in [0.3, 0.4) is 0 Å². The summed E-state index contributed by atoms with van der Waals surface area (Å²) in [5.74, 6) is 1.55. The number of aromatic nitrogens is 1. The van der Waals surface area contributed by atoms with Crippen molar-refractivity contribution in [2.75, 3.05) is 5.32 Å². The van der Waals surface area contributed by atoms with E-state index in [1.165, 1.54) is 0 Å². The Morgan fingerprint density at radius 3 is 2.94 bits per heavy atom. The number of hydrogen-bond acceptors (Lipinski definition) is 3. The molecule has 0 bridgehead atoms. The Hall–Kier alpha value is -1.40. The first kappa shape index (κ1) is 13.0. The standard InChI is InChI=1S/C12H12BrN3OS/c1-8-10(13)4-5-11(15-8)16-12(18)14-7-9-3-2-6-17-9/h2-6H,7H2,1H3,(H2,14,15,16,18). The summed E-state index contributed by atoms with van der Waals surface area (Å²) < 4.78 is 6.17. The molecule has 0 aliphatic heterocycles. The normalized spacial score (nSPS) is 10.1. The second-order valence-corrected chi connectivity index (χ2v) is 4.91. The molecule has 2 N–H and O–H groups in total. The van der Waals surface area contributed by atoms with Crippen LogP contribution in [0.2, 0.25) is 0 Å². The Labute approximate surface area is 119 Å². The van der Waals surface area contributed by atoms with E-state index in [0.717, 1.165) is 15.9 Å². The maximum Gasteiger partial charge on any atom is 0.172 e. The highest BCUT2D eigenvalue weighted by atomic mass is 79.9. The van der Waals surface area contributed by atoms with Crippen LogP contribution in [0.4, 0.5) is 5.82 Å². The monoisotopic (exact) mass is 325 g/mol. The summed E-state index contributed by atoms with van der Waals surface area (Å²) in [5, 5.41) is 6.58. The van der Waals surface area contributed by atoms with Crippen molar-refractivity contribution in [3.63, 3.8) is 0 Å². The van der Waals surface area contributed by atoms with Crippen LogP contribution in [-0.2, 0) is 6.54 Å². The first-order valence-electron chi connectivity index (χ1n) is 5.35. The molecule has 4 nitrogen and oxygen atoms in total. The molecular formula is C12H12BrN3OS. The van der Waals surface area contributed by atoms with Gasteiger partial charge in [-0.15, -0.1) is 0 Å². The second kappa shape index (κ2) is 5.97. The van der Waals surface area contributed by atoms with Crippen molar-refractivity contribution in [3.05, 3.63) is 46.5 Å². The number of furan rings is 1.